The molecule has 0 radical (unpaired) electrons. The lowest BCUT2D eigenvalue weighted by molar-refractivity contribution is 0.100. The minimum atomic E-state index is -0.577. The van der Waals surface area contributed by atoms with Crippen molar-refractivity contribution in [3.63, 3.8) is 0 Å². The number of benzene rings is 1. The molecule has 0 aliphatic carbocycles. The minimum Gasteiger partial charge on any atom is -0.365 e. The summed E-state index contributed by atoms with van der Waals surface area (Å²) in [6.07, 6.45) is 4.33. The monoisotopic (exact) mass is 414 g/mol. The fraction of sp³-hybridized carbons (Fsp3) is 0.476. The molecule has 0 saturated heterocycles. The second kappa shape index (κ2) is 12.7. The second-order valence-electron chi connectivity index (χ2n) is 7.22. The van der Waals surface area contributed by atoms with Crippen LogP contribution in [0.3, 0.4) is 0 Å². The normalized spacial score (nSPS) is 10.9. The molecule has 0 spiro atoms. The predicted octanol–water partition coefficient (Wildman–Crippen LogP) is 1.43. The molecule has 2 rings (SSSR count). The van der Waals surface area contributed by atoms with Crippen LogP contribution in [0.2, 0.25) is 0 Å². The number of anilines is 3. The summed E-state index contributed by atoms with van der Waals surface area (Å²) in [6, 6.07) is 7.81. The number of hydrogen-bond donors (Lipinski definition) is 5. The van der Waals surface area contributed by atoms with Gasteiger partial charge in [-0.25, -0.2) is 4.98 Å². The molecule has 8 N–H and O–H groups in total. The molecule has 2 aromatic rings. The average molecular weight is 415 g/mol. The van der Waals surface area contributed by atoms with E-state index in [4.69, 9.17) is 17.2 Å². The molecule has 9 nitrogen and oxygen atoms in total. The van der Waals surface area contributed by atoms with Crippen molar-refractivity contribution in [1.29, 1.82) is 0 Å². The van der Waals surface area contributed by atoms with Crippen LogP contribution in [-0.2, 0) is 0 Å². The smallest absolute Gasteiger partial charge is 0.254 e. The molecule has 1 amide bonds. The molecule has 1 heterocycles. The minimum absolute atomic E-state index is 0.247. The fourth-order valence-corrected chi connectivity index (χ4v) is 3.07. The summed E-state index contributed by atoms with van der Waals surface area (Å²) < 4.78 is 0. The highest BCUT2D eigenvalue weighted by molar-refractivity contribution is 5.98. The van der Waals surface area contributed by atoms with Gasteiger partial charge in [0.2, 0.25) is 5.95 Å². The van der Waals surface area contributed by atoms with Crippen molar-refractivity contribution >= 4 is 23.4 Å². The van der Waals surface area contributed by atoms with Crippen LogP contribution in [0, 0.1) is 6.92 Å². The van der Waals surface area contributed by atoms with E-state index in [2.05, 4.69) is 25.5 Å². The summed E-state index contributed by atoms with van der Waals surface area (Å²) in [4.78, 5) is 22.8. The number of carbonyl (C=O) groups is 1. The Morgan fingerprint density at radius 1 is 1.10 bits per heavy atom. The third-order valence-corrected chi connectivity index (χ3v) is 4.63. The molecule has 0 atom stereocenters. The molecule has 0 fully saturated rings. The van der Waals surface area contributed by atoms with E-state index in [1.54, 1.807) is 0 Å². The molecule has 1 aromatic heterocycles. The van der Waals surface area contributed by atoms with Crippen LogP contribution in [0.15, 0.2) is 30.5 Å². The maximum Gasteiger partial charge on any atom is 0.254 e. The molecule has 0 unspecified atom stereocenters. The lowest BCUT2D eigenvalue weighted by Crippen LogP contribution is -2.30. The van der Waals surface area contributed by atoms with E-state index in [1.165, 1.54) is 6.20 Å². The van der Waals surface area contributed by atoms with Crippen LogP contribution in [-0.4, -0.2) is 60.0 Å². The van der Waals surface area contributed by atoms with Gasteiger partial charge in [-0.1, -0.05) is 12.1 Å². The SMILES string of the molecule is Cc1cccc(Nc2nc(NCCCN(CCCN)CCCN)ncc2C(N)=O)c1. The number of primary amides is 1. The van der Waals surface area contributed by atoms with Crippen LogP contribution in [0.4, 0.5) is 17.5 Å². The number of hydrogen-bond acceptors (Lipinski definition) is 8. The Morgan fingerprint density at radius 3 is 2.43 bits per heavy atom. The fourth-order valence-electron chi connectivity index (χ4n) is 3.07. The van der Waals surface area contributed by atoms with E-state index >= 15 is 0 Å². The molecule has 0 bridgehead atoms. The predicted molar refractivity (Wildman–Crippen MR) is 122 cm³/mol. The topological polar surface area (TPSA) is 148 Å². The van der Waals surface area contributed by atoms with Gasteiger partial charge in [-0.05, 0) is 76.6 Å². The van der Waals surface area contributed by atoms with E-state index in [-0.39, 0.29) is 5.56 Å². The van der Waals surface area contributed by atoms with Crippen LogP contribution in [0.5, 0.6) is 0 Å². The number of rotatable bonds is 14. The van der Waals surface area contributed by atoms with Gasteiger partial charge in [0.25, 0.3) is 5.91 Å². The molecule has 164 valence electrons. The quantitative estimate of drug-likeness (QED) is 0.292. The largest absolute Gasteiger partial charge is 0.365 e. The van der Waals surface area contributed by atoms with Crippen LogP contribution >= 0.6 is 0 Å². The van der Waals surface area contributed by atoms with Gasteiger partial charge in [-0.3, -0.25) is 4.79 Å². The Morgan fingerprint density at radius 2 is 1.80 bits per heavy atom. The molecule has 0 saturated carbocycles. The van der Waals surface area contributed by atoms with Gasteiger partial charge in [0.05, 0.1) is 0 Å². The Hall–Kier alpha value is -2.75. The second-order valence-corrected chi connectivity index (χ2v) is 7.22. The Labute approximate surface area is 178 Å². The Bertz CT molecular complexity index is 790. The lowest BCUT2D eigenvalue weighted by atomic mass is 10.2. The van der Waals surface area contributed by atoms with Crippen LogP contribution < -0.4 is 27.8 Å². The van der Waals surface area contributed by atoms with Gasteiger partial charge in [0.1, 0.15) is 11.4 Å². The maximum atomic E-state index is 11.8. The van der Waals surface area contributed by atoms with Gasteiger partial charge in [0.15, 0.2) is 0 Å². The van der Waals surface area contributed by atoms with E-state index < -0.39 is 5.91 Å². The first kappa shape index (κ1) is 23.5. The number of carbonyl (C=O) groups excluding carboxylic acids is 1. The van der Waals surface area contributed by atoms with E-state index in [0.29, 0.717) is 31.4 Å². The first-order valence-corrected chi connectivity index (χ1v) is 10.4. The zero-order valence-corrected chi connectivity index (χ0v) is 17.7. The number of aromatic nitrogens is 2. The lowest BCUT2D eigenvalue weighted by Gasteiger charge is -2.21. The summed E-state index contributed by atoms with van der Waals surface area (Å²) in [5, 5.41) is 6.39. The highest BCUT2D eigenvalue weighted by atomic mass is 16.1. The van der Waals surface area contributed by atoms with Gasteiger partial charge >= 0.3 is 0 Å². The summed E-state index contributed by atoms with van der Waals surface area (Å²) in [5.41, 5.74) is 18.9. The summed E-state index contributed by atoms with van der Waals surface area (Å²) in [5.74, 6) is 0.260. The highest BCUT2D eigenvalue weighted by Crippen LogP contribution is 2.20. The zero-order valence-electron chi connectivity index (χ0n) is 17.7. The number of nitrogens with one attached hydrogen (secondary N) is 2. The van der Waals surface area contributed by atoms with E-state index in [1.807, 2.05) is 31.2 Å². The summed E-state index contributed by atoms with van der Waals surface area (Å²) in [7, 11) is 0. The average Bonchev–Trinajstić information content (AvgIpc) is 2.72. The summed E-state index contributed by atoms with van der Waals surface area (Å²) in [6.45, 7) is 6.98. The van der Waals surface area contributed by atoms with E-state index in [0.717, 1.165) is 50.1 Å². The molecular weight excluding hydrogens is 380 g/mol. The first-order valence-electron chi connectivity index (χ1n) is 10.4. The Kier molecular flexibility index (Phi) is 9.99. The third-order valence-electron chi connectivity index (χ3n) is 4.63. The molecule has 1 aromatic carbocycles. The van der Waals surface area contributed by atoms with Gasteiger partial charge in [-0.2, -0.15) is 4.98 Å². The van der Waals surface area contributed by atoms with Crippen molar-refractivity contribution in [2.45, 2.75) is 26.2 Å². The van der Waals surface area contributed by atoms with Crippen molar-refractivity contribution < 1.29 is 4.79 Å². The van der Waals surface area contributed by atoms with Crippen molar-refractivity contribution in [2.75, 3.05) is 49.9 Å². The number of nitrogens with two attached hydrogens (primary N) is 3. The van der Waals surface area contributed by atoms with Crippen molar-refractivity contribution in [3.05, 3.63) is 41.6 Å². The Balaban J connectivity index is 1.96. The van der Waals surface area contributed by atoms with Gasteiger partial charge < -0.3 is 32.7 Å². The molecule has 0 aliphatic heterocycles. The van der Waals surface area contributed by atoms with E-state index in [9.17, 15) is 4.79 Å². The summed E-state index contributed by atoms with van der Waals surface area (Å²) >= 11 is 0. The molecule has 30 heavy (non-hydrogen) atoms. The van der Waals surface area contributed by atoms with Crippen LogP contribution in [0.25, 0.3) is 0 Å². The number of aryl methyl sites for hydroxylation is 1. The molecule has 9 heteroatoms. The van der Waals surface area contributed by atoms with Crippen molar-refractivity contribution in [3.8, 4) is 0 Å². The third kappa shape index (κ3) is 7.94. The van der Waals surface area contributed by atoms with Crippen molar-refractivity contribution in [1.82, 2.24) is 14.9 Å². The van der Waals surface area contributed by atoms with Crippen molar-refractivity contribution in [2.24, 2.45) is 17.2 Å². The maximum absolute atomic E-state index is 11.8. The standard InChI is InChI=1S/C21H34N8O/c1-16-6-2-7-17(14-16)27-20-18(19(24)30)15-26-21(28-20)25-10-5-13-29(11-3-8-22)12-4-9-23/h2,6-7,14-15H,3-5,8-13,22-23H2,1H3,(H2,24,30)(H2,25,26,27,28). The number of nitrogens with zero attached hydrogens (tertiary/aromatic N) is 3. The van der Waals surface area contributed by atoms with Gasteiger partial charge in [-0.15, -0.1) is 0 Å². The molecular formula is C21H34N8O. The van der Waals surface area contributed by atoms with Gasteiger partial charge in [0, 0.05) is 18.4 Å². The van der Waals surface area contributed by atoms with Crippen LogP contribution in [0.1, 0.15) is 35.2 Å². The highest BCUT2D eigenvalue weighted by Gasteiger charge is 2.13. The number of amides is 1. The first-order chi connectivity index (χ1) is 14.5. The zero-order chi connectivity index (χ0) is 21.8. The molecule has 0 aliphatic rings.